The standard InChI is InChI=1S/C19H15FN2O2S/c20-16-7-5-14(6-8-16)13-1-3-15(4-2-13)18(23)22-11-17(12-22)24-19-21-9-10-25-19/h1-10,17H,11-12H2. The van der Waals surface area contributed by atoms with Crippen LogP contribution in [0.5, 0.6) is 5.19 Å². The molecule has 0 saturated carbocycles. The molecule has 0 bridgehead atoms. The molecule has 3 aromatic rings. The van der Waals surface area contributed by atoms with Crippen molar-refractivity contribution in [3.63, 3.8) is 0 Å². The molecule has 0 aliphatic carbocycles. The van der Waals surface area contributed by atoms with E-state index in [2.05, 4.69) is 4.98 Å². The molecule has 0 spiro atoms. The van der Waals surface area contributed by atoms with Crippen LogP contribution in [0.3, 0.4) is 0 Å². The van der Waals surface area contributed by atoms with Crippen LogP contribution in [-0.4, -0.2) is 35.0 Å². The van der Waals surface area contributed by atoms with Crippen molar-refractivity contribution in [3.05, 3.63) is 71.5 Å². The second-order valence-electron chi connectivity index (χ2n) is 5.83. The predicted octanol–water partition coefficient (Wildman–Crippen LogP) is 3.85. The second-order valence-corrected chi connectivity index (χ2v) is 6.69. The zero-order valence-electron chi connectivity index (χ0n) is 13.3. The van der Waals surface area contributed by atoms with Crippen molar-refractivity contribution in [2.24, 2.45) is 0 Å². The van der Waals surface area contributed by atoms with Gasteiger partial charge in [-0.1, -0.05) is 35.6 Å². The third-order valence-electron chi connectivity index (χ3n) is 4.12. The van der Waals surface area contributed by atoms with Crippen LogP contribution in [0.2, 0.25) is 0 Å². The van der Waals surface area contributed by atoms with Crippen LogP contribution in [0, 0.1) is 5.82 Å². The Balaban J connectivity index is 1.37. The van der Waals surface area contributed by atoms with Crippen LogP contribution in [0.1, 0.15) is 10.4 Å². The first-order chi connectivity index (χ1) is 12.2. The molecule has 2 heterocycles. The normalized spacial score (nSPS) is 14.2. The summed E-state index contributed by atoms with van der Waals surface area (Å²) in [5.74, 6) is -0.271. The molecule has 0 N–H and O–H groups in total. The van der Waals surface area contributed by atoms with E-state index < -0.39 is 0 Å². The number of ether oxygens (including phenoxy) is 1. The molecule has 1 aliphatic rings. The molecular weight excluding hydrogens is 339 g/mol. The molecule has 0 atom stereocenters. The summed E-state index contributed by atoms with van der Waals surface area (Å²) >= 11 is 1.45. The summed E-state index contributed by atoms with van der Waals surface area (Å²) in [6.07, 6.45) is 1.71. The van der Waals surface area contributed by atoms with Crippen molar-refractivity contribution in [1.82, 2.24) is 9.88 Å². The van der Waals surface area contributed by atoms with Crippen LogP contribution in [0.15, 0.2) is 60.1 Å². The Morgan fingerprint density at radius 2 is 1.72 bits per heavy atom. The summed E-state index contributed by atoms with van der Waals surface area (Å²) in [6.45, 7) is 1.14. The minimum Gasteiger partial charge on any atom is -0.463 e. The predicted molar refractivity (Wildman–Crippen MR) is 94.3 cm³/mol. The van der Waals surface area contributed by atoms with Crippen molar-refractivity contribution >= 4 is 17.2 Å². The number of amides is 1. The first-order valence-electron chi connectivity index (χ1n) is 7.90. The number of rotatable bonds is 4. The maximum atomic E-state index is 13.0. The van der Waals surface area contributed by atoms with E-state index in [1.807, 2.05) is 17.5 Å². The maximum Gasteiger partial charge on any atom is 0.273 e. The van der Waals surface area contributed by atoms with Crippen molar-refractivity contribution < 1.29 is 13.9 Å². The van der Waals surface area contributed by atoms with E-state index in [1.54, 1.807) is 35.4 Å². The Kier molecular flexibility index (Phi) is 4.19. The highest BCUT2D eigenvalue weighted by Gasteiger charge is 2.33. The van der Waals surface area contributed by atoms with Gasteiger partial charge in [-0.15, -0.1) is 0 Å². The minimum absolute atomic E-state index is 0.00795. The number of carbonyl (C=O) groups excluding carboxylic acids is 1. The molecule has 4 rings (SSSR count). The summed E-state index contributed by atoms with van der Waals surface area (Å²) in [5, 5.41) is 2.50. The van der Waals surface area contributed by atoms with Crippen LogP contribution >= 0.6 is 11.3 Å². The fraction of sp³-hybridized carbons (Fsp3) is 0.158. The lowest BCUT2D eigenvalue weighted by Gasteiger charge is -2.38. The first-order valence-corrected chi connectivity index (χ1v) is 8.78. The van der Waals surface area contributed by atoms with Crippen LogP contribution < -0.4 is 4.74 Å². The minimum atomic E-state index is -0.261. The Labute approximate surface area is 148 Å². The lowest BCUT2D eigenvalue weighted by molar-refractivity contribution is 0.0177. The van der Waals surface area contributed by atoms with Crippen molar-refractivity contribution in [1.29, 1.82) is 0 Å². The van der Waals surface area contributed by atoms with Crippen molar-refractivity contribution in [2.45, 2.75) is 6.10 Å². The molecule has 1 fully saturated rings. The summed E-state index contributed by atoms with van der Waals surface area (Å²) in [4.78, 5) is 18.3. The molecule has 126 valence electrons. The van der Waals surface area contributed by atoms with Gasteiger partial charge in [-0.2, -0.15) is 0 Å². The van der Waals surface area contributed by atoms with Crippen LogP contribution in [0.25, 0.3) is 11.1 Å². The first kappa shape index (κ1) is 15.8. The summed E-state index contributed by atoms with van der Waals surface area (Å²) in [6, 6.07) is 13.7. The van der Waals surface area contributed by atoms with E-state index in [9.17, 15) is 9.18 Å². The lowest BCUT2D eigenvalue weighted by Crippen LogP contribution is -2.56. The van der Waals surface area contributed by atoms with Gasteiger partial charge >= 0.3 is 0 Å². The van der Waals surface area contributed by atoms with Gasteiger partial charge in [-0.05, 0) is 35.4 Å². The van der Waals surface area contributed by atoms with Crippen LogP contribution in [0.4, 0.5) is 4.39 Å². The molecule has 1 saturated heterocycles. The zero-order chi connectivity index (χ0) is 17.2. The van der Waals surface area contributed by atoms with Gasteiger partial charge in [0.15, 0.2) is 0 Å². The maximum absolute atomic E-state index is 13.0. The number of benzene rings is 2. The number of carbonyl (C=O) groups is 1. The summed E-state index contributed by atoms with van der Waals surface area (Å²) < 4.78 is 18.7. The average Bonchev–Trinajstić information content (AvgIpc) is 3.11. The van der Waals surface area contributed by atoms with E-state index in [1.165, 1.54) is 23.5 Å². The topological polar surface area (TPSA) is 42.4 Å². The van der Waals surface area contributed by atoms with E-state index in [-0.39, 0.29) is 17.8 Å². The van der Waals surface area contributed by atoms with E-state index in [4.69, 9.17) is 4.74 Å². The lowest BCUT2D eigenvalue weighted by atomic mass is 10.0. The Hall–Kier alpha value is -2.73. The molecule has 25 heavy (non-hydrogen) atoms. The highest BCUT2D eigenvalue weighted by molar-refractivity contribution is 7.11. The molecule has 4 nitrogen and oxygen atoms in total. The number of aromatic nitrogens is 1. The molecule has 1 aromatic heterocycles. The Morgan fingerprint density at radius 1 is 1.08 bits per heavy atom. The zero-order valence-corrected chi connectivity index (χ0v) is 14.1. The number of hydrogen-bond acceptors (Lipinski definition) is 4. The highest BCUT2D eigenvalue weighted by Crippen LogP contribution is 2.23. The van der Waals surface area contributed by atoms with E-state index >= 15 is 0 Å². The van der Waals surface area contributed by atoms with Gasteiger partial charge < -0.3 is 9.64 Å². The Morgan fingerprint density at radius 3 is 2.32 bits per heavy atom. The molecule has 1 aliphatic heterocycles. The van der Waals surface area contributed by atoms with Crippen LogP contribution in [-0.2, 0) is 0 Å². The van der Waals surface area contributed by atoms with Gasteiger partial charge in [0.05, 0.1) is 13.1 Å². The summed E-state index contributed by atoms with van der Waals surface area (Å²) in [5.41, 5.74) is 2.50. The number of nitrogens with zero attached hydrogens (tertiary/aromatic N) is 2. The van der Waals surface area contributed by atoms with Gasteiger partial charge in [-0.3, -0.25) is 4.79 Å². The third-order valence-corrected chi connectivity index (χ3v) is 4.78. The fourth-order valence-electron chi connectivity index (χ4n) is 2.72. The quantitative estimate of drug-likeness (QED) is 0.715. The fourth-order valence-corrected chi connectivity index (χ4v) is 3.27. The highest BCUT2D eigenvalue weighted by atomic mass is 32.1. The monoisotopic (exact) mass is 354 g/mol. The van der Waals surface area contributed by atoms with Gasteiger partial charge in [0.2, 0.25) is 0 Å². The van der Waals surface area contributed by atoms with Gasteiger partial charge in [0, 0.05) is 17.1 Å². The molecule has 1 amide bonds. The van der Waals surface area contributed by atoms with Gasteiger partial charge in [0.25, 0.3) is 11.1 Å². The number of likely N-dealkylation sites (tertiary alicyclic amines) is 1. The molecule has 6 heteroatoms. The van der Waals surface area contributed by atoms with E-state index in [0.717, 1.165) is 11.1 Å². The molecular formula is C19H15FN2O2S. The number of hydrogen-bond donors (Lipinski definition) is 0. The number of thiazole rings is 1. The van der Waals surface area contributed by atoms with Gasteiger partial charge in [-0.25, -0.2) is 9.37 Å². The second kappa shape index (κ2) is 6.64. The SMILES string of the molecule is O=C(c1ccc(-c2ccc(F)cc2)cc1)N1CC(Oc2nccs2)C1. The largest absolute Gasteiger partial charge is 0.463 e. The van der Waals surface area contributed by atoms with Crippen molar-refractivity contribution in [2.75, 3.05) is 13.1 Å². The Bertz CT molecular complexity index is 857. The van der Waals surface area contributed by atoms with Gasteiger partial charge in [0.1, 0.15) is 11.9 Å². The average molecular weight is 354 g/mol. The molecule has 0 unspecified atom stereocenters. The molecule has 0 radical (unpaired) electrons. The smallest absolute Gasteiger partial charge is 0.273 e. The van der Waals surface area contributed by atoms with E-state index in [0.29, 0.717) is 23.8 Å². The third kappa shape index (κ3) is 3.39. The number of halogens is 1. The summed E-state index contributed by atoms with van der Waals surface area (Å²) in [7, 11) is 0. The molecule has 2 aromatic carbocycles. The van der Waals surface area contributed by atoms with Crippen molar-refractivity contribution in [3.8, 4) is 16.3 Å².